The van der Waals surface area contributed by atoms with Gasteiger partial charge in [0.2, 0.25) is 0 Å². The molecule has 6 heteroatoms. The van der Waals surface area contributed by atoms with Gasteiger partial charge in [-0.05, 0) is 92.2 Å². The van der Waals surface area contributed by atoms with Crippen LogP contribution in [0.1, 0.15) is 11.1 Å². The summed E-state index contributed by atoms with van der Waals surface area (Å²) in [5.41, 5.74) is 18.6. The van der Waals surface area contributed by atoms with Gasteiger partial charge in [-0.3, -0.25) is 9.13 Å². The first kappa shape index (κ1) is 44.0. The third kappa shape index (κ3) is 6.50. The number of benzene rings is 10. The molecular weight excluding hydrogens is 949 g/mol. The summed E-state index contributed by atoms with van der Waals surface area (Å²) in [6.45, 7) is 4.38. The van der Waals surface area contributed by atoms with Crippen LogP contribution in [0.4, 0.5) is 0 Å². The van der Waals surface area contributed by atoms with Gasteiger partial charge in [0.05, 0.1) is 55.5 Å². The molecule has 0 bridgehead atoms. The Labute approximate surface area is 449 Å². The van der Waals surface area contributed by atoms with Crippen LogP contribution in [0.2, 0.25) is 0 Å². The summed E-state index contributed by atoms with van der Waals surface area (Å²) in [6, 6.07) is 92.8. The number of hydrogen-bond donors (Lipinski definition) is 0. The van der Waals surface area contributed by atoms with Crippen molar-refractivity contribution in [3.05, 3.63) is 266 Å². The lowest BCUT2D eigenvalue weighted by Crippen LogP contribution is -2.16. The van der Waals surface area contributed by atoms with Crippen LogP contribution in [0.15, 0.2) is 255 Å². The van der Waals surface area contributed by atoms with E-state index < -0.39 is 0 Å². The van der Waals surface area contributed by atoms with Crippen LogP contribution in [0, 0.1) is 13.8 Å². The van der Waals surface area contributed by atoms with Gasteiger partial charge >= 0.3 is 0 Å². The first-order valence-electron chi connectivity index (χ1n) is 26.7. The van der Waals surface area contributed by atoms with Crippen molar-refractivity contribution in [3.63, 3.8) is 0 Å². The summed E-state index contributed by atoms with van der Waals surface area (Å²) in [4.78, 5) is 12.0. The van der Waals surface area contributed by atoms with E-state index >= 15 is 0 Å². The van der Waals surface area contributed by atoms with E-state index in [0.29, 0.717) is 0 Å². The quantitative estimate of drug-likeness (QED) is 0.160. The van der Waals surface area contributed by atoms with E-state index in [1.165, 1.54) is 21.9 Å². The summed E-state index contributed by atoms with van der Waals surface area (Å²) in [6.07, 6.45) is 0. The highest BCUT2D eigenvalue weighted by Crippen LogP contribution is 2.50. The maximum atomic E-state index is 6.46. The van der Waals surface area contributed by atoms with Crippen molar-refractivity contribution in [2.45, 2.75) is 13.8 Å². The van der Waals surface area contributed by atoms with E-state index in [1.807, 2.05) is 0 Å². The summed E-state index contributed by atoms with van der Waals surface area (Å²) in [7, 11) is 0. The van der Waals surface area contributed by atoms with Gasteiger partial charge in [0.15, 0.2) is 11.6 Å². The van der Waals surface area contributed by atoms with Crippen LogP contribution < -0.4 is 0 Å². The number of aryl methyl sites for hydroxylation is 2. The Bertz CT molecular complexity index is 4830. The highest BCUT2D eigenvalue weighted by Gasteiger charge is 2.33. The average Bonchev–Trinajstić information content (AvgIpc) is 4.31. The molecule has 16 rings (SSSR count). The minimum absolute atomic E-state index is 0.794. The molecule has 0 aliphatic heterocycles. The fraction of sp³-hybridized carbons (Fsp3) is 0.0278. The first-order valence-corrected chi connectivity index (χ1v) is 26.7. The molecule has 16 aromatic rings. The van der Waals surface area contributed by atoms with Crippen LogP contribution in [0.3, 0.4) is 0 Å². The Morgan fingerprint density at radius 3 is 0.885 bits per heavy atom. The molecule has 0 aliphatic rings. The summed E-state index contributed by atoms with van der Waals surface area (Å²) in [5.74, 6) is 1.59. The lowest BCUT2D eigenvalue weighted by atomic mass is 9.96. The SMILES string of the molecule is Cc1ccc2c(c1)c1cc(C)ccc1n2-c1nc(-n2c3ccccc3c3ccccc32)c(-n2c3ccccc3c3ccccc32)c(-c2cc(-c3ccccc3)nc(-c3ccccc3)c2)c1-n1c2ccccc2c2ccccc21. The minimum Gasteiger partial charge on any atom is -0.305 e. The number of aromatic nitrogens is 6. The van der Waals surface area contributed by atoms with Crippen molar-refractivity contribution in [3.8, 4) is 56.7 Å². The van der Waals surface area contributed by atoms with Crippen molar-refractivity contribution >= 4 is 87.2 Å². The molecule has 0 saturated heterocycles. The lowest BCUT2D eigenvalue weighted by molar-refractivity contribution is 0.961. The maximum Gasteiger partial charge on any atom is 0.165 e. The number of nitrogens with zero attached hydrogens (tertiary/aromatic N) is 6. The van der Waals surface area contributed by atoms with Gasteiger partial charge in [0.1, 0.15) is 11.4 Å². The smallest absolute Gasteiger partial charge is 0.165 e. The molecule has 0 radical (unpaired) electrons. The van der Waals surface area contributed by atoms with Gasteiger partial charge in [0.25, 0.3) is 0 Å². The van der Waals surface area contributed by atoms with E-state index in [-0.39, 0.29) is 0 Å². The van der Waals surface area contributed by atoms with Crippen molar-refractivity contribution in [1.29, 1.82) is 0 Å². The zero-order valence-corrected chi connectivity index (χ0v) is 42.9. The lowest BCUT2D eigenvalue weighted by Gasteiger charge is -2.27. The molecule has 78 heavy (non-hydrogen) atoms. The largest absolute Gasteiger partial charge is 0.305 e. The third-order valence-corrected chi connectivity index (χ3v) is 16.0. The number of hydrogen-bond acceptors (Lipinski definition) is 2. The maximum absolute atomic E-state index is 6.46. The highest BCUT2D eigenvalue weighted by molar-refractivity contribution is 6.16. The molecule has 366 valence electrons. The van der Waals surface area contributed by atoms with Crippen molar-refractivity contribution in [1.82, 2.24) is 28.2 Å². The van der Waals surface area contributed by atoms with Gasteiger partial charge < -0.3 is 9.13 Å². The number of pyridine rings is 2. The number of rotatable bonds is 7. The van der Waals surface area contributed by atoms with E-state index in [0.717, 1.165) is 133 Å². The van der Waals surface area contributed by atoms with Gasteiger partial charge in [-0.15, -0.1) is 0 Å². The van der Waals surface area contributed by atoms with Crippen molar-refractivity contribution < 1.29 is 0 Å². The Hall–Kier alpha value is -10.3. The molecule has 6 aromatic heterocycles. The molecule has 6 heterocycles. The Morgan fingerprint density at radius 2 is 0.538 bits per heavy atom. The Kier molecular flexibility index (Phi) is 9.66. The minimum atomic E-state index is 0.794. The second kappa shape index (κ2) is 17.1. The zero-order chi connectivity index (χ0) is 51.6. The monoisotopic (exact) mass is 996 g/mol. The van der Waals surface area contributed by atoms with Gasteiger partial charge in [-0.2, -0.15) is 0 Å². The fourth-order valence-electron chi connectivity index (χ4n) is 12.7. The highest BCUT2D eigenvalue weighted by atomic mass is 15.2. The van der Waals surface area contributed by atoms with E-state index in [1.54, 1.807) is 0 Å². The topological polar surface area (TPSA) is 45.5 Å². The first-order chi connectivity index (χ1) is 38.6. The fourth-order valence-corrected chi connectivity index (χ4v) is 12.7. The molecule has 0 unspecified atom stereocenters. The molecule has 6 nitrogen and oxygen atoms in total. The number of para-hydroxylation sites is 6. The van der Waals surface area contributed by atoms with Crippen LogP contribution in [0.5, 0.6) is 0 Å². The average molecular weight is 997 g/mol. The Morgan fingerprint density at radius 1 is 0.244 bits per heavy atom. The molecule has 0 fully saturated rings. The zero-order valence-electron chi connectivity index (χ0n) is 42.9. The molecule has 0 atom stereocenters. The summed E-state index contributed by atoms with van der Waals surface area (Å²) in [5, 5.41) is 9.30. The van der Waals surface area contributed by atoms with Crippen molar-refractivity contribution in [2.75, 3.05) is 0 Å². The van der Waals surface area contributed by atoms with Crippen molar-refractivity contribution in [2.24, 2.45) is 0 Å². The Balaban J connectivity index is 1.24. The summed E-state index contributed by atoms with van der Waals surface area (Å²) < 4.78 is 9.92. The van der Waals surface area contributed by atoms with Crippen LogP contribution in [-0.2, 0) is 0 Å². The number of fused-ring (bicyclic) bond motifs is 12. The van der Waals surface area contributed by atoms with E-state index in [4.69, 9.17) is 9.97 Å². The molecule has 10 aromatic carbocycles. The predicted molar refractivity (Wildman–Crippen MR) is 325 cm³/mol. The van der Waals surface area contributed by atoms with Crippen LogP contribution in [-0.4, -0.2) is 28.2 Å². The summed E-state index contributed by atoms with van der Waals surface area (Å²) >= 11 is 0. The second-order valence-corrected chi connectivity index (χ2v) is 20.7. The normalized spacial score (nSPS) is 12.0. The van der Waals surface area contributed by atoms with Gasteiger partial charge in [0, 0.05) is 59.8 Å². The molecule has 0 saturated carbocycles. The van der Waals surface area contributed by atoms with E-state index in [9.17, 15) is 0 Å². The molecule has 0 amide bonds. The van der Waals surface area contributed by atoms with Crippen LogP contribution in [0.25, 0.3) is 144 Å². The standard InChI is InChI=1S/C72H48N6/c1-45-37-39-66-56(41-45)57-42-46(2)38-40-67(57)78(66)72-70(76-62-33-17-11-27-52(62)53-28-12-18-34-63(53)76)68(49-43-58(47-21-5-3-6-22-47)73-59(44-49)48-23-7-4-8-24-48)69(75-60-31-15-9-25-50(60)51-26-10-16-32-61(51)75)71(74-72)77-64-35-19-13-29-54(64)55-30-14-20-36-65(55)77/h3-44H,1-2H3. The molecule has 0 N–H and O–H groups in total. The molecule has 0 aliphatic carbocycles. The molecule has 0 spiro atoms. The van der Waals surface area contributed by atoms with Gasteiger partial charge in [-0.1, -0.05) is 193 Å². The third-order valence-electron chi connectivity index (χ3n) is 16.0. The van der Waals surface area contributed by atoms with Gasteiger partial charge in [-0.25, -0.2) is 9.97 Å². The second-order valence-electron chi connectivity index (χ2n) is 20.7. The molecular formula is C72H48N6. The van der Waals surface area contributed by atoms with Crippen LogP contribution >= 0.6 is 0 Å². The predicted octanol–water partition coefficient (Wildman–Crippen LogP) is 18.5. The van der Waals surface area contributed by atoms with E-state index in [2.05, 4.69) is 287 Å².